The summed E-state index contributed by atoms with van der Waals surface area (Å²) in [5.74, 6) is 0.901. The Hall–Kier alpha value is -6.56. The van der Waals surface area contributed by atoms with Gasteiger partial charge in [0, 0.05) is 59.3 Å². The summed E-state index contributed by atoms with van der Waals surface area (Å²) >= 11 is 1.97. The average Bonchev–Trinajstić information content (AvgIpc) is 3.94. The molecule has 5 heteroatoms. The van der Waals surface area contributed by atoms with Gasteiger partial charge < -0.3 is 9.32 Å². The minimum absolute atomic E-state index is 0.0257. The molecule has 310 valence electrons. The Morgan fingerprint density at radius 1 is 0.516 bits per heavy atom. The summed E-state index contributed by atoms with van der Waals surface area (Å²) < 4.78 is 10.2. The first kappa shape index (κ1) is 38.0. The van der Waals surface area contributed by atoms with Crippen molar-refractivity contribution in [3.8, 4) is 11.1 Å². The van der Waals surface area contributed by atoms with Crippen molar-refractivity contribution in [2.24, 2.45) is 0 Å². The Bertz CT molecular complexity index is 3620. The van der Waals surface area contributed by atoms with Crippen LogP contribution >= 0.6 is 11.3 Å². The number of nitrogens with zero attached hydrogens (tertiary/aromatic N) is 2. The fraction of sp³-hybridized carbons (Fsp3) is 0.186. The Labute approximate surface area is 379 Å². The average molecular weight is 845 g/mol. The van der Waals surface area contributed by atoms with Crippen molar-refractivity contribution in [1.29, 1.82) is 0 Å². The molecule has 0 radical (unpaired) electrons. The monoisotopic (exact) mass is 844 g/mol. The Morgan fingerprint density at radius 3 is 1.73 bits per heavy atom. The van der Waals surface area contributed by atoms with Crippen LogP contribution in [-0.2, 0) is 16.2 Å². The van der Waals surface area contributed by atoms with Crippen LogP contribution < -0.4 is 25.5 Å². The van der Waals surface area contributed by atoms with Gasteiger partial charge in [0.25, 0.3) is 6.71 Å². The minimum atomic E-state index is -0.106. The first-order valence-corrected chi connectivity index (χ1v) is 23.6. The fourth-order valence-electron chi connectivity index (χ4n) is 11.5. The van der Waals surface area contributed by atoms with Crippen LogP contribution in [0.5, 0.6) is 0 Å². The molecule has 0 saturated heterocycles. The Balaban J connectivity index is 1.18. The third-order valence-electron chi connectivity index (χ3n) is 14.8. The molecule has 0 saturated carbocycles. The van der Waals surface area contributed by atoms with E-state index in [-0.39, 0.29) is 23.0 Å². The van der Waals surface area contributed by atoms with Crippen molar-refractivity contribution in [3.63, 3.8) is 0 Å². The summed E-state index contributed by atoms with van der Waals surface area (Å²) in [6.07, 6.45) is 0. The molecule has 1 aliphatic carbocycles. The van der Waals surface area contributed by atoms with Crippen molar-refractivity contribution < 1.29 is 4.42 Å². The molecule has 64 heavy (non-hydrogen) atoms. The zero-order valence-corrected chi connectivity index (χ0v) is 38.5. The smallest absolute Gasteiger partial charge is 0.269 e. The van der Waals surface area contributed by atoms with Gasteiger partial charge in [-0.3, -0.25) is 4.90 Å². The molecular formula is C59H49BN2OS. The number of hydrogen-bond acceptors (Lipinski definition) is 4. The van der Waals surface area contributed by atoms with Gasteiger partial charge in [0.15, 0.2) is 0 Å². The maximum Gasteiger partial charge on any atom is 0.269 e. The molecule has 10 aromatic rings. The van der Waals surface area contributed by atoms with Crippen molar-refractivity contribution in [2.75, 3.05) is 9.80 Å². The summed E-state index contributed by atoms with van der Waals surface area (Å²) in [5.41, 5.74) is 17.5. The van der Waals surface area contributed by atoms with Crippen LogP contribution in [0.1, 0.15) is 77.6 Å². The summed E-state index contributed by atoms with van der Waals surface area (Å²) in [6.45, 7) is 18.5. The highest BCUT2D eigenvalue weighted by molar-refractivity contribution is 7.34. The van der Waals surface area contributed by atoms with Gasteiger partial charge in [-0.1, -0.05) is 159 Å². The molecule has 2 aliphatic heterocycles. The van der Waals surface area contributed by atoms with Crippen molar-refractivity contribution >= 4 is 111 Å². The Morgan fingerprint density at radius 2 is 1.08 bits per heavy atom. The first-order valence-electron chi connectivity index (χ1n) is 22.8. The predicted molar refractivity (Wildman–Crippen MR) is 276 cm³/mol. The van der Waals surface area contributed by atoms with Crippen molar-refractivity contribution in [2.45, 2.75) is 71.6 Å². The van der Waals surface area contributed by atoms with Crippen molar-refractivity contribution in [3.05, 3.63) is 174 Å². The first-order chi connectivity index (χ1) is 30.8. The van der Waals surface area contributed by atoms with E-state index in [0.717, 1.165) is 28.2 Å². The number of anilines is 6. The van der Waals surface area contributed by atoms with Crippen LogP contribution in [-0.4, -0.2) is 6.71 Å². The molecule has 0 spiro atoms. The molecule has 8 aromatic carbocycles. The molecule has 0 amide bonds. The largest absolute Gasteiger partial charge is 0.440 e. The van der Waals surface area contributed by atoms with Crippen LogP contribution in [0.25, 0.3) is 53.7 Å². The molecule has 0 atom stereocenters. The number of furan rings is 1. The van der Waals surface area contributed by atoms with Gasteiger partial charge in [-0.2, -0.15) is 0 Å². The fourth-order valence-corrected chi connectivity index (χ4v) is 12.8. The third kappa shape index (κ3) is 5.05. The van der Waals surface area contributed by atoms with Crippen LogP contribution in [0.4, 0.5) is 34.3 Å². The van der Waals surface area contributed by atoms with Gasteiger partial charge in [-0.05, 0) is 114 Å². The van der Waals surface area contributed by atoms with Crippen LogP contribution in [0.3, 0.4) is 0 Å². The molecule has 2 aromatic heterocycles. The SMILES string of the molecule is CC(C)(C)c1ccc(N2c3cccc4c3B(c3sc5cc6c(cc5c3N4c3ccc(C(C)(C)C)cc3)-c3ccccc3C6(C)C)c3c2oc2c4ccccc4c4ccccc4c32)cc1. The predicted octanol–water partition coefficient (Wildman–Crippen LogP) is 14.9. The van der Waals surface area contributed by atoms with E-state index in [1.807, 2.05) is 11.3 Å². The van der Waals surface area contributed by atoms with E-state index in [1.54, 1.807) is 0 Å². The topological polar surface area (TPSA) is 19.6 Å². The van der Waals surface area contributed by atoms with Gasteiger partial charge in [-0.25, -0.2) is 0 Å². The summed E-state index contributed by atoms with van der Waals surface area (Å²) in [6, 6.07) is 57.4. The molecule has 0 bridgehead atoms. The van der Waals surface area contributed by atoms with Gasteiger partial charge in [0.2, 0.25) is 5.88 Å². The van der Waals surface area contributed by atoms with E-state index in [0.29, 0.717) is 0 Å². The number of rotatable bonds is 2. The van der Waals surface area contributed by atoms with Crippen molar-refractivity contribution in [1.82, 2.24) is 0 Å². The Kier molecular flexibility index (Phi) is 7.59. The zero-order chi connectivity index (χ0) is 43.6. The number of thiophene rings is 1. The van der Waals surface area contributed by atoms with E-state index < -0.39 is 0 Å². The highest BCUT2D eigenvalue weighted by Crippen LogP contribution is 2.54. The van der Waals surface area contributed by atoms with Crippen LogP contribution in [0.15, 0.2) is 156 Å². The number of benzene rings is 8. The maximum absolute atomic E-state index is 7.52. The zero-order valence-electron chi connectivity index (χ0n) is 37.7. The maximum atomic E-state index is 7.52. The van der Waals surface area contributed by atoms with Crippen LogP contribution in [0, 0.1) is 0 Å². The normalized spacial score (nSPS) is 14.9. The molecule has 3 aliphatic rings. The summed E-state index contributed by atoms with van der Waals surface area (Å²) in [4.78, 5) is 5.02. The second-order valence-corrected chi connectivity index (χ2v) is 22.0. The molecule has 13 rings (SSSR count). The lowest BCUT2D eigenvalue weighted by Crippen LogP contribution is -2.60. The summed E-state index contributed by atoms with van der Waals surface area (Å²) in [7, 11) is 0. The van der Waals surface area contributed by atoms with Gasteiger partial charge in [0.05, 0.1) is 5.69 Å². The van der Waals surface area contributed by atoms with E-state index in [9.17, 15) is 0 Å². The highest BCUT2D eigenvalue weighted by Gasteiger charge is 2.49. The molecule has 3 nitrogen and oxygen atoms in total. The summed E-state index contributed by atoms with van der Waals surface area (Å²) in [5, 5.41) is 7.33. The standard InChI is InChI=1S/C59H49BN2OS/c1-57(2,3)34-24-28-36(29-25-34)61-47-22-15-23-48-51(47)60(55-53(61)44-32-43-40-18-13-14-21-45(40)59(7,8)46(43)33-49(44)64-55)52-50-41-19-11-9-16-38(41)39-17-10-12-20-42(39)54(50)63-56(52)62(48)37-30-26-35(27-31-37)58(4,5)6/h9-33H,1-8H3. The van der Waals surface area contributed by atoms with Crippen LogP contribution in [0.2, 0.25) is 0 Å². The molecule has 0 unspecified atom stereocenters. The second kappa shape index (κ2) is 12.8. The lowest BCUT2D eigenvalue weighted by molar-refractivity contribution is 0.590. The second-order valence-electron chi connectivity index (χ2n) is 20.9. The van der Waals surface area contributed by atoms with E-state index in [1.165, 1.54) is 97.8 Å². The number of hydrogen-bond donors (Lipinski definition) is 0. The van der Waals surface area contributed by atoms with Gasteiger partial charge in [-0.15, -0.1) is 11.3 Å². The lowest BCUT2D eigenvalue weighted by Gasteiger charge is -2.41. The molecule has 0 fully saturated rings. The molecule has 4 heterocycles. The quantitative estimate of drug-likeness (QED) is 0.128. The van der Waals surface area contributed by atoms with Gasteiger partial charge in [0.1, 0.15) is 5.58 Å². The van der Waals surface area contributed by atoms with E-state index in [4.69, 9.17) is 4.42 Å². The van der Waals surface area contributed by atoms with Gasteiger partial charge >= 0.3 is 0 Å². The molecule has 0 N–H and O–H groups in total. The highest BCUT2D eigenvalue weighted by atomic mass is 32.1. The van der Waals surface area contributed by atoms with E-state index in [2.05, 4.69) is 217 Å². The number of fused-ring (bicyclic) bond motifs is 16. The van der Waals surface area contributed by atoms with E-state index >= 15 is 0 Å². The third-order valence-corrected chi connectivity index (χ3v) is 16.0. The molecular weight excluding hydrogens is 796 g/mol. The lowest BCUT2D eigenvalue weighted by atomic mass is 9.36. The minimum Gasteiger partial charge on any atom is -0.440 e.